The predicted molar refractivity (Wildman–Crippen MR) is 77.2 cm³/mol. The van der Waals surface area contributed by atoms with Gasteiger partial charge in [-0.15, -0.1) is 11.3 Å². The Morgan fingerprint density at radius 2 is 2.00 bits per heavy atom. The van der Waals surface area contributed by atoms with Crippen LogP contribution in [0, 0.1) is 11.3 Å². The predicted octanol–water partition coefficient (Wildman–Crippen LogP) is 4.27. The van der Waals surface area contributed by atoms with E-state index in [9.17, 15) is 0 Å². The Morgan fingerprint density at radius 1 is 1.22 bits per heavy atom. The van der Waals surface area contributed by atoms with Gasteiger partial charge in [-0.3, -0.25) is 5.41 Å². The fourth-order valence-corrected chi connectivity index (χ4v) is 3.68. The molecule has 2 nitrogen and oxygen atoms in total. The van der Waals surface area contributed by atoms with Crippen LogP contribution in [0.25, 0.3) is 0 Å². The van der Waals surface area contributed by atoms with Gasteiger partial charge < -0.3 is 4.90 Å². The fraction of sp³-hybridized carbons (Fsp3) is 0.667. The summed E-state index contributed by atoms with van der Waals surface area (Å²) in [6.45, 7) is 0.970. The second-order valence-electron chi connectivity index (χ2n) is 5.66. The van der Waals surface area contributed by atoms with Crippen molar-refractivity contribution in [3.05, 3.63) is 22.4 Å². The van der Waals surface area contributed by atoms with Crippen molar-refractivity contribution in [2.45, 2.75) is 57.5 Å². The lowest BCUT2D eigenvalue weighted by atomic mass is 9.88. The van der Waals surface area contributed by atoms with E-state index < -0.39 is 0 Å². The van der Waals surface area contributed by atoms with Crippen molar-refractivity contribution in [2.75, 3.05) is 0 Å². The maximum Gasteiger partial charge on any atom is 0.0995 e. The first-order chi connectivity index (χ1) is 8.84. The Kier molecular flexibility index (Phi) is 3.69. The van der Waals surface area contributed by atoms with E-state index in [2.05, 4.69) is 22.4 Å². The maximum atomic E-state index is 8.54. The third-order valence-electron chi connectivity index (χ3n) is 4.20. The summed E-state index contributed by atoms with van der Waals surface area (Å²) in [5.41, 5.74) is 0. The molecular weight excluding hydrogens is 240 g/mol. The lowest BCUT2D eigenvalue weighted by Crippen LogP contribution is -2.37. The molecule has 1 heterocycles. The van der Waals surface area contributed by atoms with Crippen LogP contribution >= 0.6 is 11.3 Å². The van der Waals surface area contributed by atoms with Gasteiger partial charge in [0.1, 0.15) is 0 Å². The van der Waals surface area contributed by atoms with Gasteiger partial charge in [0.15, 0.2) is 0 Å². The minimum atomic E-state index is 0.541. The molecule has 3 rings (SSSR count). The zero-order chi connectivity index (χ0) is 12.4. The monoisotopic (exact) mass is 262 g/mol. The Labute approximate surface area is 114 Å². The van der Waals surface area contributed by atoms with Gasteiger partial charge in [-0.05, 0) is 37.1 Å². The summed E-state index contributed by atoms with van der Waals surface area (Å²) in [5, 5.41) is 10.7. The molecule has 2 fully saturated rings. The minimum absolute atomic E-state index is 0.541. The molecule has 1 N–H and O–H groups in total. The average molecular weight is 262 g/mol. The normalized spacial score (nSPS) is 20.9. The molecule has 1 aromatic rings. The highest BCUT2D eigenvalue weighted by molar-refractivity contribution is 7.09. The van der Waals surface area contributed by atoms with Gasteiger partial charge >= 0.3 is 0 Å². The van der Waals surface area contributed by atoms with Crippen LogP contribution in [0.3, 0.4) is 0 Å². The van der Waals surface area contributed by atoms with E-state index in [0.29, 0.717) is 12.0 Å². The molecule has 0 bridgehead atoms. The molecule has 0 aliphatic heterocycles. The second-order valence-corrected chi connectivity index (χ2v) is 6.69. The van der Waals surface area contributed by atoms with Crippen LogP contribution in [0.4, 0.5) is 0 Å². The number of thiophene rings is 1. The summed E-state index contributed by atoms with van der Waals surface area (Å²) in [6.07, 6.45) is 9.09. The first-order valence-electron chi connectivity index (χ1n) is 7.22. The number of nitrogens with zero attached hydrogens (tertiary/aromatic N) is 1. The number of amidine groups is 1. The highest BCUT2D eigenvalue weighted by Crippen LogP contribution is 2.33. The Hall–Kier alpha value is -0.830. The third-order valence-corrected chi connectivity index (χ3v) is 5.06. The van der Waals surface area contributed by atoms with Crippen LogP contribution in [0.2, 0.25) is 0 Å². The Bertz CT molecular complexity index is 389. The summed E-state index contributed by atoms with van der Waals surface area (Å²) in [4.78, 5) is 3.80. The molecule has 3 heteroatoms. The first-order valence-corrected chi connectivity index (χ1v) is 8.10. The molecule has 1 aromatic heterocycles. The quantitative estimate of drug-likeness (QED) is 0.636. The van der Waals surface area contributed by atoms with E-state index in [4.69, 9.17) is 5.41 Å². The number of hydrogen-bond acceptors (Lipinski definition) is 2. The molecule has 18 heavy (non-hydrogen) atoms. The highest BCUT2D eigenvalue weighted by atomic mass is 32.1. The lowest BCUT2D eigenvalue weighted by molar-refractivity contribution is 0.342. The van der Waals surface area contributed by atoms with Gasteiger partial charge in [0.2, 0.25) is 0 Å². The SMILES string of the molecule is N=C(C1CCCCC1)N(Cc1cccs1)C1CC1. The van der Waals surface area contributed by atoms with E-state index in [0.717, 1.165) is 12.4 Å². The third kappa shape index (κ3) is 2.77. The minimum Gasteiger partial charge on any atom is -0.352 e. The van der Waals surface area contributed by atoms with Crippen molar-refractivity contribution >= 4 is 17.2 Å². The topological polar surface area (TPSA) is 27.1 Å². The van der Waals surface area contributed by atoms with Gasteiger partial charge in [0.25, 0.3) is 0 Å². The number of rotatable bonds is 4. The maximum absolute atomic E-state index is 8.54. The van der Waals surface area contributed by atoms with Crippen molar-refractivity contribution in [1.29, 1.82) is 5.41 Å². The first kappa shape index (κ1) is 12.2. The van der Waals surface area contributed by atoms with E-state index in [1.54, 1.807) is 0 Å². The van der Waals surface area contributed by atoms with Crippen LogP contribution in [0.5, 0.6) is 0 Å². The summed E-state index contributed by atoms with van der Waals surface area (Å²) >= 11 is 1.82. The smallest absolute Gasteiger partial charge is 0.0995 e. The molecule has 0 aromatic carbocycles. The summed E-state index contributed by atoms with van der Waals surface area (Å²) < 4.78 is 0. The van der Waals surface area contributed by atoms with Gasteiger partial charge in [-0.1, -0.05) is 25.3 Å². The second kappa shape index (κ2) is 5.43. The Morgan fingerprint density at radius 3 is 2.61 bits per heavy atom. The van der Waals surface area contributed by atoms with Crippen LogP contribution in [0.1, 0.15) is 49.8 Å². The van der Waals surface area contributed by atoms with Crippen LogP contribution in [-0.2, 0) is 6.54 Å². The molecule has 2 aliphatic rings. The largest absolute Gasteiger partial charge is 0.352 e. The van der Waals surface area contributed by atoms with E-state index in [1.807, 2.05) is 11.3 Å². The molecular formula is C15H22N2S. The van der Waals surface area contributed by atoms with Crippen LogP contribution in [-0.4, -0.2) is 16.8 Å². The fourth-order valence-electron chi connectivity index (χ4n) is 2.98. The zero-order valence-electron chi connectivity index (χ0n) is 10.9. The Balaban J connectivity index is 1.66. The molecule has 0 radical (unpaired) electrons. The summed E-state index contributed by atoms with van der Waals surface area (Å²) in [7, 11) is 0. The van der Waals surface area contributed by atoms with E-state index in [-0.39, 0.29) is 0 Å². The molecule has 0 unspecified atom stereocenters. The van der Waals surface area contributed by atoms with Crippen LogP contribution < -0.4 is 0 Å². The van der Waals surface area contributed by atoms with E-state index >= 15 is 0 Å². The van der Waals surface area contributed by atoms with Crippen molar-refractivity contribution in [3.8, 4) is 0 Å². The molecule has 0 amide bonds. The molecule has 2 saturated carbocycles. The van der Waals surface area contributed by atoms with Crippen LogP contribution in [0.15, 0.2) is 17.5 Å². The number of nitrogens with one attached hydrogen (secondary N) is 1. The standard InChI is InChI=1S/C15H22N2S/c16-15(12-5-2-1-3-6-12)17(13-8-9-13)11-14-7-4-10-18-14/h4,7,10,12-13,16H,1-3,5-6,8-9,11H2. The zero-order valence-corrected chi connectivity index (χ0v) is 11.7. The highest BCUT2D eigenvalue weighted by Gasteiger charge is 2.34. The van der Waals surface area contributed by atoms with Gasteiger partial charge in [-0.25, -0.2) is 0 Å². The van der Waals surface area contributed by atoms with E-state index in [1.165, 1.54) is 49.8 Å². The van der Waals surface area contributed by atoms with Crippen molar-refractivity contribution in [1.82, 2.24) is 4.90 Å². The average Bonchev–Trinajstić information content (AvgIpc) is 3.13. The molecule has 0 spiro atoms. The molecule has 0 saturated heterocycles. The van der Waals surface area contributed by atoms with Gasteiger partial charge in [-0.2, -0.15) is 0 Å². The summed E-state index contributed by atoms with van der Waals surface area (Å²) in [5.74, 6) is 1.48. The van der Waals surface area contributed by atoms with Crippen molar-refractivity contribution in [3.63, 3.8) is 0 Å². The molecule has 0 atom stereocenters. The van der Waals surface area contributed by atoms with Crippen molar-refractivity contribution in [2.24, 2.45) is 5.92 Å². The summed E-state index contributed by atoms with van der Waals surface area (Å²) in [6, 6.07) is 4.99. The number of hydrogen-bond donors (Lipinski definition) is 1. The van der Waals surface area contributed by atoms with Crippen molar-refractivity contribution < 1.29 is 0 Å². The van der Waals surface area contributed by atoms with Gasteiger partial charge in [0.05, 0.1) is 12.4 Å². The molecule has 98 valence electrons. The van der Waals surface area contributed by atoms with Gasteiger partial charge in [0, 0.05) is 16.8 Å². The lowest BCUT2D eigenvalue weighted by Gasteiger charge is -2.32. The molecule has 2 aliphatic carbocycles.